The van der Waals surface area contributed by atoms with Gasteiger partial charge in [-0.05, 0) is 18.2 Å². The van der Waals surface area contributed by atoms with Gasteiger partial charge in [-0.3, -0.25) is 0 Å². The van der Waals surface area contributed by atoms with E-state index in [0.29, 0.717) is 21.7 Å². The van der Waals surface area contributed by atoms with Gasteiger partial charge in [0.15, 0.2) is 5.82 Å². The number of hydrogen-bond donors (Lipinski definition) is 1. The number of rotatable bonds is 2. The van der Waals surface area contributed by atoms with E-state index in [1.54, 1.807) is 6.07 Å². The molecule has 2 rings (SSSR count). The van der Waals surface area contributed by atoms with Crippen molar-refractivity contribution in [2.45, 2.75) is 19.8 Å². The van der Waals surface area contributed by atoms with Gasteiger partial charge in [-0.2, -0.15) is 9.97 Å². The van der Waals surface area contributed by atoms with Crippen molar-refractivity contribution in [3.8, 4) is 11.4 Å². The fraction of sp³-hybridized carbons (Fsp3) is 0.250. The zero-order valence-corrected chi connectivity index (χ0v) is 11.6. The van der Waals surface area contributed by atoms with Gasteiger partial charge in [0.1, 0.15) is 11.6 Å². The number of anilines is 1. The van der Waals surface area contributed by atoms with Gasteiger partial charge >= 0.3 is 0 Å². The summed E-state index contributed by atoms with van der Waals surface area (Å²) in [6, 6.07) is 4.48. The van der Waals surface area contributed by atoms with E-state index in [0.717, 1.165) is 0 Å². The Hall–Kier alpha value is -1.56. The molecule has 1 aromatic heterocycles. The van der Waals surface area contributed by atoms with Crippen LogP contribution in [-0.2, 0) is 0 Å². The highest BCUT2D eigenvalue weighted by molar-refractivity contribution is 9.10. The molecule has 18 heavy (non-hydrogen) atoms. The molecule has 0 amide bonds. The molecule has 94 valence electrons. The van der Waals surface area contributed by atoms with Crippen LogP contribution in [0.4, 0.5) is 10.3 Å². The minimum absolute atomic E-state index is 0.131. The van der Waals surface area contributed by atoms with Crippen molar-refractivity contribution in [3.63, 3.8) is 0 Å². The number of nitrogen functional groups attached to an aromatic ring is 1. The number of nitrogens with zero attached hydrogens (tertiary/aromatic N) is 3. The first-order chi connectivity index (χ1) is 8.45. The van der Waals surface area contributed by atoms with E-state index >= 15 is 0 Å². The van der Waals surface area contributed by atoms with Crippen LogP contribution in [0.2, 0.25) is 0 Å². The largest absolute Gasteiger partial charge is 0.368 e. The van der Waals surface area contributed by atoms with Gasteiger partial charge in [0, 0.05) is 16.0 Å². The Labute approximate surface area is 113 Å². The molecule has 0 saturated carbocycles. The number of hydrogen-bond acceptors (Lipinski definition) is 4. The van der Waals surface area contributed by atoms with Crippen molar-refractivity contribution in [2.24, 2.45) is 0 Å². The molecule has 0 saturated heterocycles. The van der Waals surface area contributed by atoms with Crippen LogP contribution in [0.1, 0.15) is 25.6 Å². The number of aromatic nitrogens is 3. The average Bonchev–Trinajstić information content (AvgIpc) is 2.26. The van der Waals surface area contributed by atoms with Crippen molar-refractivity contribution in [1.82, 2.24) is 15.0 Å². The summed E-state index contributed by atoms with van der Waals surface area (Å²) < 4.78 is 14.0. The second-order valence-electron chi connectivity index (χ2n) is 4.19. The standard InChI is InChI=1S/C12H12BrFN4/c1-6(2)10-16-11(18-12(15)17-10)7-3-8(13)5-9(14)4-7/h3-6H,1-2H3,(H2,15,16,17,18). The third-order valence-corrected chi connectivity index (χ3v) is 2.76. The Bertz CT molecular complexity index is 566. The fourth-order valence-corrected chi connectivity index (χ4v) is 1.94. The zero-order valence-electron chi connectivity index (χ0n) is 9.98. The lowest BCUT2D eigenvalue weighted by molar-refractivity contribution is 0.627. The van der Waals surface area contributed by atoms with Gasteiger partial charge in [-0.1, -0.05) is 29.8 Å². The van der Waals surface area contributed by atoms with Gasteiger partial charge in [-0.25, -0.2) is 9.37 Å². The first kappa shape index (κ1) is 12.9. The van der Waals surface area contributed by atoms with Gasteiger partial charge < -0.3 is 5.73 Å². The Kier molecular flexibility index (Phi) is 3.56. The smallest absolute Gasteiger partial charge is 0.223 e. The second kappa shape index (κ2) is 4.97. The second-order valence-corrected chi connectivity index (χ2v) is 5.10. The van der Waals surface area contributed by atoms with Crippen LogP contribution < -0.4 is 5.73 Å². The summed E-state index contributed by atoms with van der Waals surface area (Å²) in [5.74, 6) is 0.892. The summed E-state index contributed by atoms with van der Waals surface area (Å²) in [6.45, 7) is 3.92. The van der Waals surface area contributed by atoms with Gasteiger partial charge in [-0.15, -0.1) is 0 Å². The summed E-state index contributed by atoms with van der Waals surface area (Å²) in [5.41, 5.74) is 6.21. The van der Waals surface area contributed by atoms with Crippen molar-refractivity contribution in [2.75, 3.05) is 5.73 Å². The maximum atomic E-state index is 13.3. The molecular weight excluding hydrogens is 299 g/mol. The molecule has 2 N–H and O–H groups in total. The van der Waals surface area contributed by atoms with Crippen LogP contribution in [-0.4, -0.2) is 15.0 Å². The summed E-state index contributed by atoms with van der Waals surface area (Å²) in [4.78, 5) is 12.4. The van der Waals surface area contributed by atoms with E-state index in [9.17, 15) is 4.39 Å². The molecular formula is C12H12BrFN4. The van der Waals surface area contributed by atoms with Crippen LogP contribution in [0, 0.1) is 5.82 Å². The summed E-state index contributed by atoms with van der Waals surface area (Å²) >= 11 is 3.23. The maximum absolute atomic E-state index is 13.3. The maximum Gasteiger partial charge on any atom is 0.223 e. The molecule has 0 fully saturated rings. The Morgan fingerprint density at radius 2 is 1.89 bits per heavy atom. The van der Waals surface area contributed by atoms with Crippen molar-refractivity contribution >= 4 is 21.9 Å². The third kappa shape index (κ3) is 2.81. The van der Waals surface area contributed by atoms with Crippen LogP contribution in [0.25, 0.3) is 11.4 Å². The lowest BCUT2D eigenvalue weighted by Crippen LogP contribution is -2.06. The van der Waals surface area contributed by atoms with Crippen LogP contribution >= 0.6 is 15.9 Å². The van der Waals surface area contributed by atoms with E-state index in [-0.39, 0.29) is 17.7 Å². The van der Waals surface area contributed by atoms with Crippen LogP contribution in [0.3, 0.4) is 0 Å². The number of nitrogens with two attached hydrogens (primary N) is 1. The Balaban J connectivity index is 2.56. The van der Waals surface area contributed by atoms with E-state index in [1.807, 2.05) is 13.8 Å². The topological polar surface area (TPSA) is 64.7 Å². The molecule has 4 nitrogen and oxygen atoms in total. The Morgan fingerprint density at radius 1 is 1.17 bits per heavy atom. The van der Waals surface area contributed by atoms with E-state index in [1.165, 1.54) is 12.1 Å². The number of halogens is 2. The molecule has 0 aliphatic carbocycles. The zero-order chi connectivity index (χ0) is 13.3. The highest BCUT2D eigenvalue weighted by Crippen LogP contribution is 2.23. The molecule has 0 radical (unpaired) electrons. The van der Waals surface area contributed by atoms with Crippen molar-refractivity contribution < 1.29 is 4.39 Å². The molecule has 0 unspecified atom stereocenters. The van der Waals surface area contributed by atoms with Crippen LogP contribution in [0.5, 0.6) is 0 Å². The molecule has 6 heteroatoms. The normalized spacial score (nSPS) is 10.9. The highest BCUT2D eigenvalue weighted by atomic mass is 79.9. The predicted octanol–water partition coefficient (Wildman–Crippen LogP) is 3.15. The molecule has 0 aliphatic rings. The summed E-state index contributed by atoms with van der Waals surface area (Å²) in [7, 11) is 0. The minimum Gasteiger partial charge on any atom is -0.368 e. The average molecular weight is 311 g/mol. The first-order valence-electron chi connectivity index (χ1n) is 5.43. The van der Waals surface area contributed by atoms with Crippen molar-refractivity contribution in [1.29, 1.82) is 0 Å². The molecule has 0 atom stereocenters. The fourth-order valence-electron chi connectivity index (χ4n) is 1.48. The SMILES string of the molecule is CC(C)c1nc(N)nc(-c2cc(F)cc(Br)c2)n1. The highest BCUT2D eigenvalue weighted by Gasteiger charge is 2.11. The quantitative estimate of drug-likeness (QED) is 0.925. The molecule has 1 aromatic carbocycles. The molecule has 2 aromatic rings. The molecule has 1 heterocycles. The third-order valence-electron chi connectivity index (χ3n) is 2.31. The Morgan fingerprint density at radius 3 is 2.50 bits per heavy atom. The summed E-state index contributed by atoms with van der Waals surface area (Å²) in [6.07, 6.45) is 0. The molecule has 0 aliphatic heterocycles. The monoisotopic (exact) mass is 310 g/mol. The lowest BCUT2D eigenvalue weighted by Gasteiger charge is -2.07. The number of benzene rings is 1. The van der Waals surface area contributed by atoms with E-state index in [4.69, 9.17) is 5.73 Å². The van der Waals surface area contributed by atoms with E-state index < -0.39 is 0 Å². The molecule has 0 bridgehead atoms. The van der Waals surface area contributed by atoms with Gasteiger partial charge in [0.2, 0.25) is 5.95 Å². The van der Waals surface area contributed by atoms with Gasteiger partial charge in [0.25, 0.3) is 0 Å². The molecule has 0 spiro atoms. The van der Waals surface area contributed by atoms with Crippen molar-refractivity contribution in [3.05, 3.63) is 34.3 Å². The van der Waals surface area contributed by atoms with E-state index in [2.05, 4.69) is 30.9 Å². The van der Waals surface area contributed by atoms with Gasteiger partial charge in [0.05, 0.1) is 0 Å². The van der Waals surface area contributed by atoms with Crippen LogP contribution in [0.15, 0.2) is 22.7 Å². The lowest BCUT2D eigenvalue weighted by atomic mass is 10.2. The summed E-state index contributed by atoms with van der Waals surface area (Å²) in [5, 5.41) is 0. The predicted molar refractivity (Wildman–Crippen MR) is 71.4 cm³/mol. The first-order valence-corrected chi connectivity index (χ1v) is 6.23. The minimum atomic E-state index is -0.357.